The summed E-state index contributed by atoms with van der Waals surface area (Å²) in [4.78, 5) is 39.4. The summed E-state index contributed by atoms with van der Waals surface area (Å²) >= 11 is 0. The third kappa shape index (κ3) is 5.80. The quantitative estimate of drug-likeness (QED) is 0.0503. The maximum Gasteiger partial charge on any atom is 0.333 e. The van der Waals surface area contributed by atoms with Crippen LogP contribution in [-0.2, 0) is 25.7 Å². The van der Waals surface area contributed by atoms with Gasteiger partial charge in [0.25, 0.3) is 5.69 Å². The lowest BCUT2D eigenvalue weighted by Crippen LogP contribution is -2.14. The molecular formula is C29H27N3O7. The van der Waals surface area contributed by atoms with Crippen LogP contribution in [0.2, 0.25) is 0 Å². The molecule has 0 saturated carbocycles. The largest absolute Gasteiger partial charge is 0.489 e. The highest BCUT2D eigenvalue weighted by atomic mass is 16.7. The van der Waals surface area contributed by atoms with Gasteiger partial charge in [0, 0.05) is 64.1 Å². The molecule has 0 amide bonds. The number of hydrogen-bond acceptors (Lipinski definition) is 8. The number of fused-ring (bicyclic) bond motifs is 3. The maximum atomic E-state index is 11.7. The first-order valence-corrected chi connectivity index (χ1v) is 12.2. The van der Waals surface area contributed by atoms with E-state index in [4.69, 9.17) is 14.3 Å². The summed E-state index contributed by atoms with van der Waals surface area (Å²) in [5, 5.41) is 17.1. The number of oxime groups is 1. The molecule has 39 heavy (non-hydrogen) atoms. The molecule has 0 N–H and O–H groups in total. The van der Waals surface area contributed by atoms with Crippen molar-refractivity contribution in [3.8, 4) is 5.75 Å². The predicted octanol–water partition coefficient (Wildman–Crippen LogP) is 5.54. The van der Waals surface area contributed by atoms with E-state index in [0.717, 1.165) is 21.8 Å². The Kier molecular flexibility index (Phi) is 8.04. The van der Waals surface area contributed by atoms with Crippen molar-refractivity contribution in [2.45, 2.75) is 27.3 Å². The van der Waals surface area contributed by atoms with Gasteiger partial charge in [0.1, 0.15) is 24.7 Å². The molecule has 3 aromatic carbocycles. The maximum absolute atomic E-state index is 11.7. The molecule has 10 heteroatoms. The number of hydrogen-bond donors (Lipinski definition) is 0. The fraction of sp³-hybridized carbons (Fsp3) is 0.207. The van der Waals surface area contributed by atoms with E-state index in [2.05, 4.69) is 16.3 Å². The first kappa shape index (κ1) is 27.1. The number of ether oxygens (including phenoxy) is 2. The highest BCUT2D eigenvalue weighted by Gasteiger charge is 2.19. The number of nitrogens with zero attached hydrogens (tertiary/aromatic N) is 3. The molecular weight excluding hydrogens is 502 g/mol. The van der Waals surface area contributed by atoms with Gasteiger partial charge >= 0.3 is 11.9 Å². The Morgan fingerprint density at radius 2 is 1.69 bits per heavy atom. The number of carbonyl (C=O) groups is 2. The van der Waals surface area contributed by atoms with Gasteiger partial charge in [-0.25, -0.2) is 9.59 Å². The Bertz CT molecular complexity index is 1630. The molecule has 0 unspecified atom stereocenters. The zero-order valence-electron chi connectivity index (χ0n) is 21.8. The molecule has 4 rings (SSSR count). The SMILES string of the molecule is C=C(C)C(=O)OCCOc1ccccc1/C(=N\OC(C)=O)c1ccc2c(c1)c1cc([N+](=O)[O-])ccc1n2CC. The van der Waals surface area contributed by atoms with Crippen molar-refractivity contribution in [2.24, 2.45) is 5.16 Å². The second kappa shape index (κ2) is 11.6. The fourth-order valence-corrected chi connectivity index (χ4v) is 4.26. The number of rotatable bonds is 10. The van der Waals surface area contributed by atoms with E-state index in [1.165, 1.54) is 13.0 Å². The highest BCUT2D eigenvalue weighted by molar-refractivity contribution is 6.18. The molecule has 0 bridgehead atoms. The third-order valence-corrected chi connectivity index (χ3v) is 5.98. The van der Waals surface area contributed by atoms with Gasteiger partial charge in [0.05, 0.1) is 4.92 Å². The van der Waals surface area contributed by atoms with Crippen LogP contribution in [0.5, 0.6) is 5.75 Å². The molecule has 1 aromatic heterocycles. The van der Waals surface area contributed by atoms with Crippen LogP contribution >= 0.6 is 0 Å². The summed E-state index contributed by atoms with van der Waals surface area (Å²) < 4.78 is 13.1. The summed E-state index contributed by atoms with van der Waals surface area (Å²) in [6.07, 6.45) is 0. The lowest BCUT2D eigenvalue weighted by molar-refractivity contribution is -0.384. The lowest BCUT2D eigenvalue weighted by Gasteiger charge is -2.14. The standard InChI is InChI=1S/C29H27N3O7/c1-5-31-25-12-10-20(16-23(25)24-17-21(32(35)36)11-13-26(24)31)28(30-39-19(4)33)22-8-6-7-9-27(22)37-14-15-38-29(34)18(2)3/h6-13,16-17H,2,5,14-15H2,1,3-4H3/b30-28-. The summed E-state index contributed by atoms with van der Waals surface area (Å²) in [5.41, 5.74) is 3.50. The van der Waals surface area contributed by atoms with E-state index < -0.39 is 16.9 Å². The Morgan fingerprint density at radius 3 is 2.36 bits per heavy atom. The first-order chi connectivity index (χ1) is 18.7. The summed E-state index contributed by atoms with van der Waals surface area (Å²) in [7, 11) is 0. The van der Waals surface area contributed by atoms with Crippen molar-refractivity contribution in [1.29, 1.82) is 0 Å². The van der Waals surface area contributed by atoms with Crippen LogP contribution < -0.4 is 4.74 Å². The van der Waals surface area contributed by atoms with Gasteiger partial charge < -0.3 is 18.9 Å². The van der Waals surface area contributed by atoms with Gasteiger partial charge in [0.15, 0.2) is 0 Å². The van der Waals surface area contributed by atoms with Crippen LogP contribution in [0.15, 0.2) is 78.0 Å². The number of carbonyl (C=O) groups excluding carboxylic acids is 2. The minimum Gasteiger partial charge on any atom is -0.489 e. The molecule has 200 valence electrons. The summed E-state index contributed by atoms with van der Waals surface area (Å²) in [6, 6.07) is 17.5. The van der Waals surface area contributed by atoms with E-state index in [0.29, 0.717) is 29.1 Å². The Balaban J connectivity index is 1.79. The summed E-state index contributed by atoms with van der Waals surface area (Å²) in [6.45, 7) is 9.11. The fourth-order valence-electron chi connectivity index (χ4n) is 4.26. The Morgan fingerprint density at radius 1 is 1.00 bits per heavy atom. The molecule has 10 nitrogen and oxygen atoms in total. The number of non-ortho nitro benzene ring substituents is 1. The monoisotopic (exact) mass is 529 g/mol. The third-order valence-electron chi connectivity index (χ3n) is 5.98. The van der Waals surface area contributed by atoms with E-state index in [-0.39, 0.29) is 24.5 Å². The zero-order valence-corrected chi connectivity index (χ0v) is 21.8. The number of aromatic nitrogens is 1. The van der Waals surface area contributed by atoms with Crippen molar-refractivity contribution >= 4 is 45.1 Å². The Labute approximate surface area is 224 Å². The van der Waals surface area contributed by atoms with Crippen LogP contribution in [0.1, 0.15) is 31.9 Å². The molecule has 0 saturated heterocycles. The van der Waals surface area contributed by atoms with Gasteiger partial charge in [0.2, 0.25) is 0 Å². The molecule has 0 radical (unpaired) electrons. The van der Waals surface area contributed by atoms with Crippen molar-refractivity contribution in [3.05, 3.63) is 94.1 Å². The molecule has 1 heterocycles. The minimum atomic E-state index is -0.600. The summed E-state index contributed by atoms with van der Waals surface area (Å²) in [5.74, 6) is -0.679. The first-order valence-electron chi connectivity index (χ1n) is 12.2. The van der Waals surface area contributed by atoms with Gasteiger partial charge in [-0.3, -0.25) is 10.1 Å². The van der Waals surface area contributed by atoms with Crippen molar-refractivity contribution < 1.29 is 28.8 Å². The topological polar surface area (TPSA) is 122 Å². The van der Waals surface area contributed by atoms with E-state index in [1.54, 1.807) is 43.3 Å². The van der Waals surface area contributed by atoms with Crippen molar-refractivity contribution in [2.75, 3.05) is 13.2 Å². The van der Waals surface area contributed by atoms with Crippen molar-refractivity contribution in [1.82, 2.24) is 4.57 Å². The van der Waals surface area contributed by atoms with Crippen LogP contribution in [0, 0.1) is 10.1 Å². The Hall–Kier alpha value is -4.99. The molecule has 0 spiro atoms. The lowest BCUT2D eigenvalue weighted by atomic mass is 9.99. The minimum absolute atomic E-state index is 0.0112. The number of nitro benzene ring substituents is 1. The number of para-hydroxylation sites is 1. The molecule has 0 fully saturated rings. The number of nitro groups is 1. The van der Waals surface area contributed by atoms with Crippen LogP contribution in [0.25, 0.3) is 21.8 Å². The number of aryl methyl sites for hydroxylation is 1. The van der Waals surface area contributed by atoms with Crippen LogP contribution in [0.3, 0.4) is 0 Å². The van der Waals surface area contributed by atoms with Crippen molar-refractivity contribution in [3.63, 3.8) is 0 Å². The molecule has 0 aliphatic rings. The predicted molar refractivity (Wildman–Crippen MR) is 147 cm³/mol. The van der Waals surface area contributed by atoms with Crippen LogP contribution in [-0.4, -0.2) is 40.4 Å². The molecule has 0 aliphatic heterocycles. The average molecular weight is 530 g/mol. The smallest absolute Gasteiger partial charge is 0.333 e. The van der Waals surface area contributed by atoms with Gasteiger partial charge in [-0.15, -0.1) is 0 Å². The average Bonchev–Trinajstić information content (AvgIpc) is 3.23. The van der Waals surface area contributed by atoms with E-state index in [9.17, 15) is 19.7 Å². The van der Waals surface area contributed by atoms with Crippen LogP contribution in [0.4, 0.5) is 5.69 Å². The number of benzene rings is 3. The molecule has 0 atom stereocenters. The highest BCUT2D eigenvalue weighted by Crippen LogP contribution is 2.33. The number of esters is 1. The van der Waals surface area contributed by atoms with Gasteiger partial charge in [-0.2, -0.15) is 0 Å². The van der Waals surface area contributed by atoms with Gasteiger partial charge in [-0.1, -0.05) is 29.9 Å². The molecule has 0 aliphatic carbocycles. The van der Waals surface area contributed by atoms with E-state index in [1.807, 2.05) is 25.1 Å². The second-order valence-corrected chi connectivity index (χ2v) is 8.72. The van der Waals surface area contributed by atoms with E-state index >= 15 is 0 Å². The second-order valence-electron chi connectivity index (χ2n) is 8.72. The zero-order chi connectivity index (χ0) is 28.1. The normalized spacial score (nSPS) is 11.4. The molecule has 4 aromatic rings. The van der Waals surface area contributed by atoms with Gasteiger partial charge in [-0.05, 0) is 44.2 Å².